The van der Waals surface area contributed by atoms with Crippen molar-refractivity contribution in [3.63, 3.8) is 0 Å². The van der Waals surface area contributed by atoms with Gasteiger partial charge in [-0.25, -0.2) is 4.79 Å². The monoisotopic (exact) mass is 370 g/mol. The van der Waals surface area contributed by atoms with E-state index in [2.05, 4.69) is 0 Å². The molecule has 0 radical (unpaired) electrons. The van der Waals surface area contributed by atoms with Gasteiger partial charge in [0.05, 0.1) is 24.2 Å². The first kappa shape index (κ1) is 20.1. The van der Waals surface area contributed by atoms with Crippen LogP contribution in [0.3, 0.4) is 0 Å². The first-order valence-electron chi connectivity index (χ1n) is 8.39. The highest BCUT2D eigenvalue weighted by atomic mass is 16.5. The molecule has 0 heterocycles. The molecule has 1 atom stereocenters. The van der Waals surface area contributed by atoms with E-state index in [4.69, 9.17) is 16.2 Å². The minimum Gasteiger partial charge on any atom is -0.462 e. The average Bonchev–Trinajstić information content (AvgIpc) is 2.60. The third-order valence-electron chi connectivity index (χ3n) is 4.09. The van der Waals surface area contributed by atoms with E-state index in [-0.39, 0.29) is 23.3 Å². The number of primary amides is 2. The Kier molecular flexibility index (Phi) is 5.97. The van der Waals surface area contributed by atoms with Crippen LogP contribution in [-0.4, -0.2) is 29.5 Å². The molecule has 2 aromatic rings. The van der Waals surface area contributed by atoms with Gasteiger partial charge in [-0.15, -0.1) is 0 Å². The van der Waals surface area contributed by atoms with Crippen molar-refractivity contribution in [3.05, 3.63) is 59.2 Å². The highest BCUT2D eigenvalue weighted by molar-refractivity contribution is 6.05. The quantitative estimate of drug-likeness (QED) is 0.638. The van der Waals surface area contributed by atoms with Gasteiger partial charge in [0.15, 0.2) is 0 Å². The number of amides is 2. The summed E-state index contributed by atoms with van der Waals surface area (Å²) in [6, 6.07) is 11.9. The molecule has 0 saturated carbocycles. The standard InChI is InChI=1S/C20H22N2O5/c1-3-27-19(25)16-13(12-7-5-4-6-8-12)9-10-14(18(22)24)17(16)20(2,26)11-15(21)23/h4-10,26H,3,11H2,1-2H3,(H2,21,23)(H2,22,24). The number of benzene rings is 2. The SMILES string of the molecule is CCOC(=O)c1c(-c2ccccc2)ccc(C(N)=O)c1C(C)(O)CC(N)=O. The molecule has 0 aliphatic rings. The maximum Gasteiger partial charge on any atom is 0.339 e. The summed E-state index contributed by atoms with van der Waals surface area (Å²) in [7, 11) is 0. The van der Waals surface area contributed by atoms with Crippen molar-refractivity contribution < 1.29 is 24.2 Å². The second-order valence-electron chi connectivity index (χ2n) is 6.28. The van der Waals surface area contributed by atoms with Crippen LogP contribution in [0.15, 0.2) is 42.5 Å². The Bertz CT molecular complexity index is 875. The molecule has 27 heavy (non-hydrogen) atoms. The zero-order chi connectivity index (χ0) is 20.2. The van der Waals surface area contributed by atoms with Crippen LogP contribution < -0.4 is 11.5 Å². The van der Waals surface area contributed by atoms with E-state index >= 15 is 0 Å². The number of aliphatic hydroxyl groups is 1. The third-order valence-corrected chi connectivity index (χ3v) is 4.09. The summed E-state index contributed by atoms with van der Waals surface area (Å²) >= 11 is 0. The molecule has 2 aromatic carbocycles. The molecular weight excluding hydrogens is 348 g/mol. The number of nitrogens with two attached hydrogens (primary N) is 2. The molecule has 142 valence electrons. The van der Waals surface area contributed by atoms with Crippen LogP contribution >= 0.6 is 0 Å². The molecular formula is C20H22N2O5. The summed E-state index contributed by atoms with van der Waals surface area (Å²) in [6.07, 6.45) is -0.502. The lowest BCUT2D eigenvalue weighted by Crippen LogP contribution is -2.34. The van der Waals surface area contributed by atoms with Crippen molar-refractivity contribution in [3.8, 4) is 11.1 Å². The topological polar surface area (TPSA) is 133 Å². The van der Waals surface area contributed by atoms with Crippen LogP contribution in [0.4, 0.5) is 0 Å². The van der Waals surface area contributed by atoms with E-state index in [9.17, 15) is 19.5 Å². The first-order valence-corrected chi connectivity index (χ1v) is 8.39. The Hall–Kier alpha value is -3.19. The Morgan fingerprint density at radius 1 is 1.07 bits per heavy atom. The maximum atomic E-state index is 12.8. The molecule has 0 fully saturated rings. The third kappa shape index (κ3) is 4.32. The summed E-state index contributed by atoms with van der Waals surface area (Å²) in [4.78, 5) is 36.2. The van der Waals surface area contributed by atoms with Crippen LogP contribution in [0.2, 0.25) is 0 Å². The average molecular weight is 370 g/mol. The molecule has 2 amide bonds. The fraction of sp³-hybridized carbons (Fsp3) is 0.250. The molecule has 2 rings (SSSR count). The van der Waals surface area contributed by atoms with Crippen molar-refractivity contribution >= 4 is 17.8 Å². The molecule has 0 bridgehead atoms. The fourth-order valence-electron chi connectivity index (χ4n) is 3.07. The van der Waals surface area contributed by atoms with Gasteiger partial charge in [-0.05, 0) is 31.0 Å². The summed E-state index contributed by atoms with van der Waals surface area (Å²) in [5.41, 5.74) is 9.74. The summed E-state index contributed by atoms with van der Waals surface area (Å²) in [5, 5.41) is 10.9. The van der Waals surface area contributed by atoms with Gasteiger partial charge in [0.1, 0.15) is 0 Å². The Balaban J connectivity index is 2.89. The van der Waals surface area contributed by atoms with E-state index in [0.717, 1.165) is 0 Å². The molecule has 0 aliphatic heterocycles. The summed E-state index contributed by atoms with van der Waals surface area (Å²) in [6.45, 7) is 3.03. The van der Waals surface area contributed by atoms with E-state index < -0.39 is 29.8 Å². The van der Waals surface area contributed by atoms with Gasteiger partial charge in [0, 0.05) is 11.1 Å². The Morgan fingerprint density at radius 3 is 2.22 bits per heavy atom. The normalized spacial score (nSPS) is 12.9. The van der Waals surface area contributed by atoms with Gasteiger partial charge in [-0.1, -0.05) is 36.4 Å². The summed E-state index contributed by atoms with van der Waals surface area (Å²) < 4.78 is 5.15. The molecule has 1 unspecified atom stereocenters. The van der Waals surface area contributed by atoms with Crippen LogP contribution in [0.1, 0.15) is 46.5 Å². The smallest absolute Gasteiger partial charge is 0.339 e. The summed E-state index contributed by atoms with van der Waals surface area (Å²) in [5.74, 6) is -2.38. The molecule has 0 aliphatic carbocycles. The first-order chi connectivity index (χ1) is 12.7. The van der Waals surface area contributed by atoms with Crippen LogP contribution in [-0.2, 0) is 15.1 Å². The van der Waals surface area contributed by atoms with Crippen LogP contribution in [0, 0.1) is 0 Å². The molecule has 7 nitrogen and oxygen atoms in total. The lowest BCUT2D eigenvalue weighted by atomic mass is 9.81. The zero-order valence-electron chi connectivity index (χ0n) is 15.2. The van der Waals surface area contributed by atoms with Gasteiger partial charge in [-0.2, -0.15) is 0 Å². The predicted molar refractivity (Wildman–Crippen MR) is 99.7 cm³/mol. The van der Waals surface area contributed by atoms with E-state index in [1.54, 1.807) is 37.3 Å². The Morgan fingerprint density at radius 2 is 1.70 bits per heavy atom. The Labute approximate surface area is 156 Å². The molecule has 7 heteroatoms. The number of carbonyl (C=O) groups is 3. The minimum absolute atomic E-state index is 0.0226. The second-order valence-corrected chi connectivity index (χ2v) is 6.28. The highest BCUT2D eigenvalue weighted by Gasteiger charge is 2.36. The molecule has 5 N–H and O–H groups in total. The number of hydrogen-bond acceptors (Lipinski definition) is 5. The number of rotatable bonds is 7. The van der Waals surface area contributed by atoms with Gasteiger partial charge >= 0.3 is 5.97 Å². The van der Waals surface area contributed by atoms with Crippen molar-refractivity contribution in [2.75, 3.05) is 6.61 Å². The van der Waals surface area contributed by atoms with Crippen LogP contribution in [0.5, 0.6) is 0 Å². The van der Waals surface area contributed by atoms with E-state index in [1.807, 2.05) is 6.07 Å². The lowest BCUT2D eigenvalue weighted by Gasteiger charge is -2.28. The van der Waals surface area contributed by atoms with Crippen molar-refractivity contribution in [2.45, 2.75) is 25.9 Å². The lowest BCUT2D eigenvalue weighted by molar-refractivity contribution is -0.122. The molecule has 0 aromatic heterocycles. The number of carbonyl (C=O) groups excluding carboxylic acids is 3. The largest absolute Gasteiger partial charge is 0.462 e. The van der Waals surface area contributed by atoms with Crippen molar-refractivity contribution in [1.82, 2.24) is 0 Å². The van der Waals surface area contributed by atoms with E-state index in [0.29, 0.717) is 11.1 Å². The minimum atomic E-state index is -1.90. The number of esters is 1. The van der Waals surface area contributed by atoms with Crippen molar-refractivity contribution in [1.29, 1.82) is 0 Å². The number of hydrogen-bond donors (Lipinski definition) is 3. The fourth-order valence-corrected chi connectivity index (χ4v) is 3.07. The zero-order valence-corrected chi connectivity index (χ0v) is 15.2. The van der Waals surface area contributed by atoms with Gasteiger partial charge in [-0.3, -0.25) is 9.59 Å². The van der Waals surface area contributed by atoms with Crippen molar-refractivity contribution in [2.24, 2.45) is 11.5 Å². The number of ether oxygens (including phenoxy) is 1. The van der Waals surface area contributed by atoms with E-state index in [1.165, 1.54) is 13.0 Å². The maximum absolute atomic E-state index is 12.8. The second kappa shape index (κ2) is 8.01. The molecule has 0 saturated heterocycles. The van der Waals surface area contributed by atoms with Gasteiger partial charge < -0.3 is 21.3 Å². The van der Waals surface area contributed by atoms with Gasteiger partial charge in [0.25, 0.3) is 0 Å². The van der Waals surface area contributed by atoms with Gasteiger partial charge in [0.2, 0.25) is 11.8 Å². The highest BCUT2D eigenvalue weighted by Crippen LogP contribution is 2.37. The predicted octanol–water partition coefficient (Wildman–Crippen LogP) is 1.71. The molecule has 0 spiro atoms. The van der Waals surface area contributed by atoms with Crippen LogP contribution in [0.25, 0.3) is 11.1 Å².